The third kappa shape index (κ3) is 5.59. The molecule has 2 N–H and O–H groups in total. The molecule has 0 bridgehead atoms. The number of carbonyl (C=O) groups is 1. The molecule has 3 aromatic carbocycles. The molecule has 3 rings (SSSR count). The molecule has 156 valence electrons. The van der Waals surface area contributed by atoms with Crippen LogP contribution in [0.2, 0.25) is 10.0 Å². The Balaban J connectivity index is 1.78. The number of nitrogens with one attached hydrogen (secondary N) is 1. The summed E-state index contributed by atoms with van der Waals surface area (Å²) in [5.41, 5.74) is 2.75. The van der Waals surface area contributed by atoms with Gasteiger partial charge in [-0.3, -0.25) is 0 Å². The lowest BCUT2D eigenvalue weighted by Crippen LogP contribution is -2.06. The highest BCUT2D eigenvalue weighted by Gasteiger charge is 2.13. The zero-order chi connectivity index (χ0) is 21.5. The molecule has 0 aliphatic rings. The van der Waals surface area contributed by atoms with Crippen LogP contribution in [0.1, 0.15) is 28.4 Å². The number of ether oxygens (including phenoxy) is 2. The molecule has 0 amide bonds. The molecule has 0 saturated carbocycles. The fourth-order valence-corrected chi connectivity index (χ4v) is 3.31. The SMILES string of the molecule is CCOc1cccc(CNc2ccc(C(=O)O)cc2)c1OCc1ccc(Cl)cc1Cl. The molecule has 0 fully saturated rings. The maximum Gasteiger partial charge on any atom is 0.335 e. The lowest BCUT2D eigenvalue weighted by Gasteiger charge is -2.17. The quantitative estimate of drug-likeness (QED) is 0.405. The Labute approximate surface area is 185 Å². The van der Waals surface area contributed by atoms with Crippen molar-refractivity contribution >= 4 is 34.9 Å². The number of rotatable bonds is 9. The number of benzene rings is 3. The molecule has 0 saturated heterocycles. The molecule has 0 aliphatic carbocycles. The van der Waals surface area contributed by atoms with E-state index in [2.05, 4.69) is 5.32 Å². The van der Waals surface area contributed by atoms with Crippen molar-refractivity contribution in [2.75, 3.05) is 11.9 Å². The van der Waals surface area contributed by atoms with E-state index in [0.717, 1.165) is 16.8 Å². The van der Waals surface area contributed by atoms with Crippen LogP contribution in [0.15, 0.2) is 60.7 Å². The normalized spacial score (nSPS) is 10.5. The van der Waals surface area contributed by atoms with Crippen LogP contribution in [0.3, 0.4) is 0 Å². The Kier molecular flexibility index (Phi) is 7.44. The van der Waals surface area contributed by atoms with Gasteiger partial charge < -0.3 is 19.9 Å². The van der Waals surface area contributed by atoms with Crippen LogP contribution in [-0.2, 0) is 13.2 Å². The highest BCUT2D eigenvalue weighted by atomic mass is 35.5. The maximum atomic E-state index is 11.0. The summed E-state index contributed by atoms with van der Waals surface area (Å²) in [5.74, 6) is 0.311. The van der Waals surface area contributed by atoms with E-state index in [1.54, 1.807) is 36.4 Å². The summed E-state index contributed by atoms with van der Waals surface area (Å²) < 4.78 is 11.8. The number of halogens is 2. The molecule has 7 heteroatoms. The third-order valence-electron chi connectivity index (χ3n) is 4.36. The summed E-state index contributed by atoms with van der Waals surface area (Å²) >= 11 is 12.2. The van der Waals surface area contributed by atoms with E-state index in [0.29, 0.717) is 34.7 Å². The van der Waals surface area contributed by atoms with Crippen LogP contribution in [-0.4, -0.2) is 17.7 Å². The van der Waals surface area contributed by atoms with E-state index in [9.17, 15) is 4.79 Å². The molecule has 0 spiro atoms. The lowest BCUT2D eigenvalue weighted by atomic mass is 10.1. The van der Waals surface area contributed by atoms with E-state index in [1.165, 1.54) is 0 Å². The molecule has 30 heavy (non-hydrogen) atoms. The zero-order valence-corrected chi connectivity index (χ0v) is 17.8. The van der Waals surface area contributed by atoms with Crippen LogP contribution in [0.25, 0.3) is 0 Å². The average molecular weight is 446 g/mol. The molecule has 3 aromatic rings. The van der Waals surface area contributed by atoms with Crippen LogP contribution < -0.4 is 14.8 Å². The van der Waals surface area contributed by atoms with E-state index < -0.39 is 5.97 Å². The molecular weight excluding hydrogens is 425 g/mol. The van der Waals surface area contributed by atoms with Gasteiger partial charge in [0.2, 0.25) is 0 Å². The van der Waals surface area contributed by atoms with Crippen molar-refractivity contribution in [2.45, 2.75) is 20.1 Å². The predicted octanol–water partition coefficient (Wildman–Crippen LogP) is 6.28. The van der Waals surface area contributed by atoms with Gasteiger partial charge >= 0.3 is 5.97 Å². The first-order valence-electron chi connectivity index (χ1n) is 9.36. The van der Waals surface area contributed by atoms with E-state index in [1.807, 2.05) is 31.2 Å². The zero-order valence-electron chi connectivity index (χ0n) is 16.3. The monoisotopic (exact) mass is 445 g/mol. The van der Waals surface area contributed by atoms with E-state index in [4.69, 9.17) is 37.8 Å². The number of hydrogen-bond acceptors (Lipinski definition) is 4. The van der Waals surface area contributed by atoms with Crippen molar-refractivity contribution in [2.24, 2.45) is 0 Å². The summed E-state index contributed by atoms with van der Waals surface area (Å²) in [4.78, 5) is 11.0. The largest absolute Gasteiger partial charge is 0.490 e. The Hall–Kier alpha value is -2.89. The first-order valence-corrected chi connectivity index (χ1v) is 10.1. The Morgan fingerprint density at radius 3 is 2.43 bits per heavy atom. The molecule has 0 aliphatic heterocycles. The maximum absolute atomic E-state index is 11.0. The van der Waals surface area contributed by atoms with Gasteiger partial charge in [0.15, 0.2) is 11.5 Å². The van der Waals surface area contributed by atoms with Gasteiger partial charge in [-0.1, -0.05) is 41.4 Å². The molecule has 0 radical (unpaired) electrons. The van der Waals surface area contributed by atoms with Crippen LogP contribution in [0.5, 0.6) is 11.5 Å². The summed E-state index contributed by atoms with van der Waals surface area (Å²) in [5, 5.41) is 13.4. The summed E-state index contributed by atoms with van der Waals surface area (Å²) in [6, 6.07) is 17.5. The minimum Gasteiger partial charge on any atom is -0.490 e. The fraction of sp³-hybridized carbons (Fsp3) is 0.174. The lowest BCUT2D eigenvalue weighted by molar-refractivity contribution is 0.0697. The second-order valence-electron chi connectivity index (χ2n) is 6.44. The van der Waals surface area contributed by atoms with Crippen molar-refractivity contribution in [1.82, 2.24) is 0 Å². The fourth-order valence-electron chi connectivity index (χ4n) is 2.85. The molecule has 0 aromatic heterocycles. The number of hydrogen-bond donors (Lipinski definition) is 2. The Morgan fingerprint density at radius 2 is 1.77 bits per heavy atom. The van der Waals surface area contributed by atoms with E-state index in [-0.39, 0.29) is 12.2 Å². The second-order valence-corrected chi connectivity index (χ2v) is 7.28. The van der Waals surface area contributed by atoms with Gasteiger partial charge in [-0.05, 0) is 49.4 Å². The van der Waals surface area contributed by atoms with Gasteiger partial charge in [0.1, 0.15) is 6.61 Å². The number of carboxylic acid groups (broad SMARTS) is 1. The summed E-state index contributed by atoms with van der Waals surface area (Å²) in [6.45, 7) is 3.15. The van der Waals surface area contributed by atoms with Crippen LogP contribution in [0, 0.1) is 0 Å². The summed E-state index contributed by atoms with van der Waals surface area (Å²) in [7, 11) is 0. The van der Waals surface area contributed by atoms with Crippen molar-refractivity contribution < 1.29 is 19.4 Å². The van der Waals surface area contributed by atoms with Crippen molar-refractivity contribution in [3.05, 3.63) is 87.4 Å². The highest BCUT2D eigenvalue weighted by molar-refractivity contribution is 6.35. The molecule has 5 nitrogen and oxygen atoms in total. The highest BCUT2D eigenvalue weighted by Crippen LogP contribution is 2.33. The molecular formula is C23H21Cl2NO4. The number of para-hydroxylation sites is 1. The molecule has 0 unspecified atom stereocenters. The first-order chi connectivity index (χ1) is 14.5. The average Bonchev–Trinajstić information content (AvgIpc) is 2.73. The van der Waals surface area contributed by atoms with Crippen LogP contribution in [0.4, 0.5) is 5.69 Å². The Morgan fingerprint density at radius 1 is 1.00 bits per heavy atom. The number of aromatic carboxylic acids is 1. The minimum atomic E-state index is -0.956. The molecule has 0 atom stereocenters. The van der Waals surface area contributed by atoms with Crippen molar-refractivity contribution in [1.29, 1.82) is 0 Å². The van der Waals surface area contributed by atoms with Gasteiger partial charge in [-0.25, -0.2) is 4.79 Å². The van der Waals surface area contributed by atoms with Crippen molar-refractivity contribution in [3.63, 3.8) is 0 Å². The van der Waals surface area contributed by atoms with Gasteiger partial charge in [0.05, 0.1) is 12.2 Å². The Bertz CT molecular complexity index is 1020. The van der Waals surface area contributed by atoms with Gasteiger partial charge in [0.25, 0.3) is 0 Å². The summed E-state index contributed by atoms with van der Waals surface area (Å²) in [6.07, 6.45) is 0. The van der Waals surface area contributed by atoms with Gasteiger partial charge in [-0.15, -0.1) is 0 Å². The first kappa shape index (κ1) is 21.8. The van der Waals surface area contributed by atoms with Gasteiger partial charge in [0, 0.05) is 33.4 Å². The third-order valence-corrected chi connectivity index (χ3v) is 4.95. The predicted molar refractivity (Wildman–Crippen MR) is 119 cm³/mol. The molecule has 0 heterocycles. The van der Waals surface area contributed by atoms with Crippen molar-refractivity contribution in [3.8, 4) is 11.5 Å². The smallest absolute Gasteiger partial charge is 0.335 e. The minimum absolute atomic E-state index is 0.239. The second kappa shape index (κ2) is 10.2. The standard InChI is InChI=1S/C23H21Cl2NO4/c1-2-29-21-5-3-4-16(13-26-19-10-7-15(8-11-19)23(27)28)22(21)30-14-17-6-9-18(24)12-20(17)25/h3-12,26H,2,13-14H2,1H3,(H,27,28). The number of carboxylic acids is 1. The van der Waals surface area contributed by atoms with E-state index >= 15 is 0 Å². The van der Waals surface area contributed by atoms with Crippen LogP contribution >= 0.6 is 23.2 Å². The topological polar surface area (TPSA) is 67.8 Å². The van der Waals surface area contributed by atoms with Gasteiger partial charge in [-0.2, -0.15) is 0 Å². The number of anilines is 1.